The van der Waals surface area contributed by atoms with E-state index < -0.39 is 11.9 Å². The molecule has 0 bridgehead atoms. The van der Waals surface area contributed by atoms with E-state index in [4.69, 9.17) is 19.4 Å². The third-order valence-electron chi connectivity index (χ3n) is 7.23. The van der Waals surface area contributed by atoms with Gasteiger partial charge in [0, 0.05) is 46.6 Å². The zero-order valence-electron chi connectivity index (χ0n) is 26.8. The van der Waals surface area contributed by atoms with Crippen molar-refractivity contribution in [2.75, 3.05) is 29.3 Å². The highest BCUT2D eigenvalue weighted by atomic mass is 32.2. The monoisotopic (exact) mass is 651 g/mol. The average molecular weight is 652 g/mol. The smallest absolute Gasteiger partial charge is 0.323 e. The molecule has 0 spiro atoms. The Labute approximate surface area is 278 Å². The highest BCUT2D eigenvalue weighted by molar-refractivity contribution is 7.94. The van der Waals surface area contributed by atoms with Crippen LogP contribution in [-0.4, -0.2) is 30.3 Å². The Hall–Kier alpha value is -5.42. The standard InChI is InChI=1S/C36H37N5O5S/c1-36(2,3)23-17-22(18-32(37)42)34(44-4)30(19-23)41-35(43)40-29-13-14-31(28-12-7-6-11-27(28)29)45-25-15-16-38-33(21-25)39-24-9-8-10-26(20-24)46-47-5/h6-17,19-21H,18H2,1-5H3,(H2,37,42)(H,38,39)(H2,40,41,43). The molecule has 5 N–H and O–H groups in total. The van der Waals surface area contributed by atoms with Crippen molar-refractivity contribution in [1.82, 2.24) is 4.98 Å². The Morgan fingerprint density at radius 1 is 0.872 bits per heavy atom. The van der Waals surface area contributed by atoms with Gasteiger partial charge in [-0.3, -0.25) is 4.79 Å². The lowest BCUT2D eigenvalue weighted by atomic mass is 9.85. The van der Waals surface area contributed by atoms with Gasteiger partial charge in [0.25, 0.3) is 0 Å². The Kier molecular flexibility index (Phi) is 10.1. The lowest BCUT2D eigenvalue weighted by molar-refractivity contribution is -0.117. The summed E-state index contributed by atoms with van der Waals surface area (Å²) in [6, 6.07) is 25.7. The number of benzene rings is 4. The van der Waals surface area contributed by atoms with Crippen molar-refractivity contribution < 1.29 is 23.2 Å². The lowest BCUT2D eigenvalue weighted by Gasteiger charge is -2.23. The summed E-state index contributed by atoms with van der Waals surface area (Å²) in [7, 11) is 1.49. The zero-order valence-corrected chi connectivity index (χ0v) is 27.7. The van der Waals surface area contributed by atoms with Crippen LogP contribution in [-0.2, 0) is 16.6 Å². The molecule has 5 rings (SSSR count). The molecule has 1 aromatic heterocycles. The normalized spacial score (nSPS) is 11.1. The van der Waals surface area contributed by atoms with Crippen molar-refractivity contribution in [3.8, 4) is 23.0 Å². The summed E-state index contributed by atoms with van der Waals surface area (Å²) in [5, 5.41) is 10.7. The molecule has 1 heterocycles. The molecule has 0 atom stereocenters. The minimum atomic E-state index is -0.496. The first kappa shape index (κ1) is 33.0. The maximum Gasteiger partial charge on any atom is 0.323 e. The second-order valence-corrected chi connectivity index (χ2v) is 12.2. The molecular weight excluding hydrogens is 614 g/mol. The molecule has 0 unspecified atom stereocenters. The van der Waals surface area contributed by atoms with Crippen molar-refractivity contribution in [1.29, 1.82) is 0 Å². The number of hydrogen-bond donors (Lipinski definition) is 4. The Morgan fingerprint density at radius 3 is 2.36 bits per heavy atom. The van der Waals surface area contributed by atoms with Crippen molar-refractivity contribution in [2.45, 2.75) is 32.6 Å². The number of nitrogens with one attached hydrogen (secondary N) is 3. The van der Waals surface area contributed by atoms with Crippen LogP contribution in [0.1, 0.15) is 31.9 Å². The van der Waals surface area contributed by atoms with Gasteiger partial charge < -0.3 is 35.3 Å². The van der Waals surface area contributed by atoms with Crippen LogP contribution in [0, 0.1) is 0 Å². The Balaban J connectivity index is 1.37. The number of carbonyl (C=O) groups excluding carboxylic acids is 2. The first-order valence-electron chi connectivity index (χ1n) is 14.8. The quantitative estimate of drug-likeness (QED) is 0.105. The molecule has 0 saturated carbocycles. The zero-order chi connectivity index (χ0) is 33.6. The molecule has 3 amide bonds. The van der Waals surface area contributed by atoms with E-state index in [1.807, 2.05) is 93.8 Å². The van der Waals surface area contributed by atoms with E-state index in [9.17, 15) is 9.59 Å². The topological polar surface area (TPSA) is 137 Å². The van der Waals surface area contributed by atoms with E-state index >= 15 is 0 Å². The number of carbonyl (C=O) groups is 2. The fourth-order valence-corrected chi connectivity index (χ4v) is 5.36. The predicted octanol–water partition coefficient (Wildman–Crippen LogP) is 8.41. The van der Waals surface area contributed by atoms with Gasteiger partial charge in [-0.05, 0) is 47.4 Å². The molecule has 0 fully saturated rings. The maximum absolute atomic E-state index is 13.4. The predicted molar refractivity (Wildman–Crippen MR) is 189 cm³/mol. The number of pyridine rings is 1. The van der Waals surface area contributed by atoms with E-state index in [1.165, 1.54) is 19.2 Å². The summed E-state index contributed by atoms with van der Waals surface area (Å²) in [4.78, 5) is 29.6. The number of fused-ring (bicyclic) bond motifs is 1. The fourth-order valence-electron chi connectivity index (χ4n) is 5.06. The first-order chi connectivity index (χ1) is 22.5. The number of primary amides is 1. The van der Waals surface area contributed by atoms with Crippen LogP contribution in [0.3, 0.4) is 0 Å². The number of ether oxygens (including phenoxy) is 2. The van der Waals surface area contributed by atoms with Crippen LogP contribution in [0.25, 0.3) is 10.8 Å². The van der Waals surface area contributed by atoms with Gasteiger partial charge in [-0.25, -0.2) is 9.78 Å². The maximum atomic E-state index is 13.4. The van der Waals surface area contributed by atoms with Crippen LogP contribution in [0.5, 0.6) is 23.0 Å². The van der Waals surface area contributed by atoms with Gasteiger partial charge in [0.05, 0.1) is 36.9 Å². The summed E-state index contributed by atoms with van der Waals surface area (Å²) in [6.45, 7) is 6.15. The molecule has 0 aliphatic heterocycles. The van der Waals surface area contributed by atoms with E-state index in [-0.39, 0.29) is 11.8 Å². The van der Waals surface area contributed by atoms with Gasteiger partial charge >= 0.3 is 6.03 Å². The van der Waals surface area contributed by atoms with E-state index in [2.05, 4.69) is 20.9 Å². The molecule has 0 saturated heterocycles. The first-order valence-corrected chi connectivity index (χ1v) is 16.0. The van der Waals surface area contributed by atoms with Crippen molar-refractivity contribution in [2.24, 2.45) is 5.73 Å². The van der Waals surface area contributed by atoms with Crippen molar-refractivity contribution in [3.05, 3.63) is 102 Å². The third kappa shape index (κ3) is 8.25. The molecule has 0 aliphatic carbocycles. The second-order valence-electron chi connectivity index (χ2n) is 11.7. The van der Waals surface area contributed by atoms with E-state index in [0.29, 0.717) is 40.0 Å². The van der Waals surface area contributed by atoms with Crippen LogP contribution in [0.4, 0.5) is 27.7 Å². The van der Waals surface area contributed by atoms with Crippen LogP contribution in [0.15, 0.2) is 91.1 Å². The highest BCUT2D eigenvalue weighted by Crippen LogP contribution is 2.37. The van der Waals surface area contributed by atoms with Crippen LogP contribution in [0.2, 0.25) is 0 Å². The van der Waals surface area contributed by atoms with Gasteiger partial charge in [-0.2, -0.15) is 0 Å². The lowest BCUT2D eigenvalue weighted by Crippen LogP contribution is -2.22. The second kappa shape index (κ2) is 14.3. The SMILES string of the molecule is COc1c(CC(N)=O)cc(C(C)(C)C)cc1NC(=O)Nc1ccc(Oc2ccnc(Nc3cccc(OSC)c3)c2)c2ccccc12. The molecule has 242 valence electrons. The van der Waals surface area contributed by atoms with Crippen LogP contribution >= 0.6 is 12.0 Å². The fraction of sp³-hybridized carbons (Fsp3) is 0.194. The molecule has 0 aliphatic rings. The Morgan fingerprint density at radius 2 is 1.64 bits per heavy atom. The molecular formula is C36H37N5O5S. The van der Waals surface area contributed by atoms with Gasteiger partial charge in [-0.1, -0.05) is 57.2 Å². The largest absolute Gasteiger partial charge is 0.494 e. The van der Waals surface area contributed by atoms with E-state index in [0.717, 1.165) is 27.8 Å². The summed E-state index contributed by atoms with van der Waals surface area (Å²) in [5.41, 5.74) is 8.62. The van der Waals surface area contributed by atoms with Gasteiger partial charge in [0.1, 0.15) is 28.8 Å². The molecule has 5 aromatic rings. The number of rotatable bonds is 11. The summed E-state index contributed by atoms with van der Waals surface area (Å²) in [6.07, 6.45) is 3.50. The number of hydrogen-bond acceptors (Lipinski definition) is 8. The van der Waals surface area contributed by atoms with Crippen molar-refractivity contribution >= 4 is 57.6 Å². The number of urea groups is 1. The average Bonchev–Trinajstić information content (AvgIpc) is 3.02. The number of nitrogens with two attached hydrogens (primary N) is 1. The Bertz CT molecular complexity index is 1920. The third-order valence-corrected chi connectivity index (χ3v) is 7.59. The summed E-state index contributed by atoms with van der Waals surface area (Å²) >= 11 is 1.27. The van der Waals surface area contributed by atoms with Crippen LogP contribution < -0.4 is 35.3 Å². The molecule has 10 nitrogen and oxygen atoms in total. The van der Waals surface area contributed by atoms with E-state index in [1.54, 1.807) is 24.4 Å². The van der Waals surface area contributed by atoms with Gasteiger partial charge in [-0.15, -0.1) is 0 Å². The minimum absolute atomic E-state index is 0.0229. The number of methoxy groups -OCH3 is 1. The molecule has 0 radical (unpaired) electrons. The minimum Gasteiger partial charge on any atom is -0.494 e. The molecule has 47 heavy (non-hydrogen) atoms. The van der Waals surface area contributed by atoms with Gasteiger partial charge in [0.15, 0.2) is 0 Å². The molecule has 4 aromatic carbocycles. The number of aromatic nitrogens is 1. The number of nitrogens with zero attached hydrogens (tertiary/aromatic N) is 1. The highest BCUT2D eigenvalue weighted by Gasteiger charge is 2.22. The van der Waals surface area contributed by atoms with Gasteiger partial charge in [0.2, 0.25) is 5.91 Å². The summed E-state index contributed by atoms with van der Waals surface area (Å²) in [5.74, 6) is 2.41. The summed E-state index contributed by atoms with van der Waals surface area (Å²) < 4.78 is 17.4. The molecule has 11 heteroatoms. The number of anilines is 4. The van der Waals surface area contributed by atoms with Crippen molar-refractivity contribution in [3.63, 3.8) is 0 Å². The number of amides is 3.